The molecule has 3 rings (SSSR count). The summed E-state index contributed by atoms with van der Waals surface area (Å²) < 4.78 is 56.5. The highest BCUT2D eigenvalue weighted by Gasteiger charge is 2.29. The van der Waals surface area contributed by atoms with E-state index < -0.39 is 36.1 Å². The van der Waals surface area contributed by atoms with Crippen molar-refractivity contribution in [1.29, 1.82) is 0 Å². The summed E-state index contributed by atoms with van der Waals surface area (Å²) in [5.74, 6) is -1.48. The Kier molecular flexibility index (Phi) is 7.21. The third-order valence-corrected chi connectivity index (χ3v) is 4.59. The summed E-state index contributed by atoms with van der Waals surface area (Å²) in [6.07, 6.45) is -1.60. The van der Waals surface area contributed by atoms with Crippen molar-refractivity contribution in [3.05, 3.63) is 64.2 Å². The quantitative estimate of drug-likeness (QED) is 0.441. The van der Waals surface area contributed by atoms with Gasteiger partial charge in [0.25, 0.3) is 12.7 Å². The molecule has 1 aromatic carbocycles. The van der Waals surface area contributed by atoms with Gasteiger partial charge in [-0.3, -0.25) is 4.79 Å². The summed E-state index contributed by atoms with van der Waals surface area (Å²) in [6.45, 7) is 3.40. The number of ether oxygens (including phenoxy) is 3. The van der Waals surface area contributed by atoms with Crippen LogP contribution in [-0.4, -0.2) is 22.5 Å². The fourth-order valence-electron chi connectivity index (χ4n) is 3.06. The normalized spacial score (nSPS) is 14.3. The second-order valence-electron chi connectivity index (χ2n) is 6.48. The van der Waals surface area contributed by atoms with Crippen LogP contribution in [0.15, 0.2) is 30.7 Å². The first kappa shape index (κ1) is 22.7. The number of rotatable bonds is 8. The highest BCUT2D eigenvalue weighted by Crippen LogP contribution is 2.35. The number of alkyl halides is 2. The van der Waals surface area contributed by atoms with Gasteiger partial charge in [-0.15, -0.1) is 0 Å². The van der Waals surface area contributed by atoms with Gasteiger partial charge >= 0.3 is 5.97 Å². The number of benzene rings is 1. The van der Waals surface area contributed by atoms with Gasteiger partial charge in [-0.1, -0.05) is 18.2 Å². The van der Waals surface area contributed by atoms with Crippen LogP contribution in [0, 0.1) is 5.82 Å². The number of esters is 1. The number of halogens is 4. The lowest BCUT2D eigenvalue weighted by atomic mass is 10.0. The molecule has 0 bridgehead atoms. The van der Waals surface area contributed by atoms with E-state index in [2.05, 4.69) is 15.3 Å². The molecule has 0 aliphatic carbocycles. The van der Waals surface area contributed by atoms with Gasteiger partial charge in [0.05, 0.1) is 35.9 Å². The number of anilines is 1. The molecule has 0 saturated heterocycles. The van der Waals surface area contributed by atoms with Crippen molar-refractivity contribution >= 4 is 23.4 Å². The minimum Gasteiger partial charge on any atom is -0.466 e. The van der Waals surface area contributed by atoms with Crippen LogP contribution in [0.3, 0.4) is 0 Å². The minimum absolute atomic E-state index is 0.00295. The van der Waals surface area contributed by atoms with Crippen molar-refractivity contribution in [1.82, 2.24) is 9.97 Å². The van der Waals surface area contributed by atoms with E-state index in [9.17, 15) is 18.0 Å². The van der Waals surface area contributed by atoms with Gasteiger partial charge in [-0.25, -0.2) is 23.1 Å². The van der Waals surface area contributed by atoms with Crippen LogP contribution in [0.5, 0.6) is 0 Å². The van der Waals surface area contributed by atoms with Crippen LogP contribution in [0.2, 0.25) is 5.28 Å². The molecule has 7 nitrogen and oxygen atoms in total. The van der Waals surface area contributed by atoms with E-state index in [0.29, 0.717) is 0 Å². The topological polar surface area (TPSA) is 82.6 Å². The molecule has 0 fully saturated rings. The molecule has 1 atom stereocenters. The Balaban J connectivity index is 1.99. The number of hydrogen-bond donors (Lipinski definition) is 1. The molecule has 1 N–H and O–H groups in total. The van der Waals surface area contributed by atoms with Gasteiger partial charge in [0, 0.05) is 5.56 Å². The first-order valence-electron chi connectivity index (χ1n) is 9.32. The van der Waals surface area contributed by atoms with E-state index in [1.165, 1.54) is 24.7 Å². The number of aromatic nitrogens is 2. The summed E-state index contributed by atoms with van der Waals surface area (Å²) in [4.78, 5) is 20.2. The molecule has 2 heterocycles. The van der Waals surface area contributed by atoms with Gasteiger partial charge in [-0.05, 0) is 25.4 Å². The number of nitrogens with zero attached hydrogens (tertiary/aromatic N) is 2. The molecule has 166 valence electrons. The van der Waals surface area contributed by atoms with E-state index in [0.717, 1.165) is 6.07 Å². The molecule has 31 heavy (non-hydrogen) atoms. The zero-order chi connectivity index (χ0) is 22.5. The summed E-state index contributed by atoms with van der Waals surface area (Å²) in [6, 6.07) is 2.94. The van der Waals surface area contributed by atoms with Crippen LogP contribution in [0.4, 0.5) is 19.0 Å². The molecule has 11 heteroatoms. The fraction of sp³-hybridized carbons (Fsp3) is 0.350. The zero-order valence-corrected chi connectivity index (χ0v) is 17.3. The number of hydrogen-bond acceptors (Lipinski definition) is 7. The zero-order valence-electron chi connectivity index (χ0n) is 16.6. The van der Waals surface area contributed by atoms with Crippen LogP contribution >= 0.6 is 11.6 Å². The van der Waals surface area contributed by atoms with Crippen molar-refractivity contribution in [3.8, 4) is 0 Å². The Bertz CT molecular complexity index is 982. The number of carbonyl (C=O) groups excluding carboxylic acids is 1. The molecular weight excluding hydrogens is 439 g/mol. The average molecular weight is 458 g/mol. The Hall–Kier alpha value is -3.01. The molecule has 0 radical (unpaired) electrons. The average Bonchev–Trinajstić information content (AvgIpc) is 3.22. The third-order valence-electron chi connectivity index (χ3n) is 4.42. The second kappa shape index (κ2) is 9.86. The molecule has 1 aliphatic rings. The van der Waals surface area contributed by atoms with E-state index in [4.69, 9.17) is 25.8 Å². The maximum absolute atomic E-state index is 14.6. The molecule has 2 aromatic rings. The Morgan fingerprint density at radius 1 is 1.26 bits per heavy atom. The number of carbonyl (C=O) groups is 1. The Morgan fingerprint density at radius 2 is 1.94 bits per heavy atom. The maximum Gasteiger partial charge on any atom is 0.311 e. The molecule has 1 aromatic heterocycles. The van der Waals surface area contributed by atoms with Crippen LogP contribution < -0.4 is 5.32 Å². The lowest BCUT2D eigenvalue weighted by Crippen LogP contribution is -2.19. The predicted octanol–water partition coefficient (Wildman–Crippen LogP) is 5.00. The highest BCUT2D eigenvalue weighted by atomic mass is 35.5. The smallest absolute Gasteiger partial charge is 0.311 e. The highest BCUT2D eigenvalue weighted by molar-refractivity contribution is 6.28. The summed E-state index contributed by atoms with van der Waals surface area (Å²) in [7, 11) is 0. The maximum atomic E-state index is 14.6. The van der Waals surface area contributed by atoms with Gasteiger partial charge in [0.15, 0.2) is 0 Å². The van der Waals surface area contributed by atoms with E-state index >= 15 is 0 Å². The molecule has 0 saturated carbocycles. The number of nitrogens with one attached hydrogen (secondary N) is 1. The van der Waals surface area contributed by atoms with Crippen molar-refractivity contribution in [2.75, 3.05) is 11.9 Å². The monoisotopic (exact) mass is 457 g/mol. The summed E-state index contributed by atoms with van der Waals surface area (Å²) in [5.41, 5.74) is -0.276. The van der Waals surface area contributed by atoms with Gasteiger partial charge in [-0.2, -0.15) is 0 Å². The minimum atomic E-state index is -2.96. The van der Waals surface area contributed by atoms with Crippen molar-refractivity contribution in [2.24, 2.45) is 0 Å². The SMILES string of the molecule is CCOC(=O)Cc1nc(Cl)nc(N[C@H](C)c2cccc(C(F)F)c2F)c1C1OC=CO1. The van der Waals surface area contributed by atoms with Crippen molar-refractivity contribution < 1.29 is 32.2 Å². The second-order valence-corrected chi connectivity index (χ2v) is 6.81. The molecular formula is C20H19ClF3N3O4. The van der Waals surface area contributed by atoms with Crippen LogP contribution in [0.25, 0.3) is 0 Å². The Labute approximate surface area is 181 Å². The van der Waals surface area contributed by atoms with E-state index in [-0.39, 0.29) is 40.9 Å². The van der Waals surface area contributed by atoms with Gasteiger partial charge in [0.2, 0.25) is 5.28 Å². The van der Waals surface area contributed by atoms with Gasteiger partial charge in [0.1, 0.15) is 24.2 Å². The lowest BCUT2D eigenvalue weighted by Gasteiger charge is -2.22. The fourth-order valence-corrected chi connectivity index (χ4v) is 3.24. The van der Waals surface area contributed by atoms with Crippen molar-refractivity contribution in [2.45, 2.75) is 39.0 Å². The van der Waals surface area contributed by atoms with Gasteiger partial charge < -0.3 is 19.5 Å². The summed E-state index contributed by atoms with van der Waals surface area (Å²) in [5, 5.41) is 2.75. The standard InChI is InChI=1S/C20H19ClF3N3O4/c1-3-29-14(28)9-13-15(19-30-7-8-31-19)18(27-20(21)26-13)25-10(2)11-5-4-6-12(16(11)22)17(23)24/h4-8,10,17,19H,3,9H2,1-2H3,(H,25,26,27)/t10-/m1/s1. The molecule has 1 aliphatic heterocycles. The first-order chi connectivity index (χ1) is 14.8. The molecule has 0 unspecified atom stereocenters. The van der Waals surface area contributed by atoms with E-state index in [1.54, 1.807) is 13.8 Å². The summed E-state index contributed by atoms with van der Waals surface area (Å²) >= 11 is 6.03. The van der Waals surface area contributed by atoms with E-state index in [1.807, 2.05) is 0 Å². The molecule has 0 amide bonds. The predicted molar refractivity (Wildman–Crippen MR) is 105 cm³/mol. The van der Waals surface area contributed by atoms with Crippen LogP contribution in [-0.2, 0) is 25.4 Å². The largest absolute Gasteiger partial charge is 0.466 e. The van der Waals surface area contributed by atoms with Crippen LogP contribution in [0.1, 0.15) is 55.0 Å². The Morgan fingerprint density at radius 3 is 2.58 bits per heavy atom. The third kappa shape index (κ3) is 5.19. The first-order valence-corrected chi connectivity index (χ1v) is 9.70. The lowest BCUT2D eigenvalue weighted by molar-refractivity contribution is -0.142. The van der Waals surface area contributed by atoms with Crippen molar-refractivity contribution in [3.63, 3.8) is 0 Å². The molecule has 0 spiro atoms.